The second-order valence-corrected chi connectivity index (χ2v) is 10.1. The number of aliphatic hydroxyl groups is 1. The van der Waals surface area contributed by atoms with Gasteiger partial charge in [-0.3, -0.25) is 0 Å². The first-order chi connectivity index (χ1) is 16.9. The van der Waals surface area contributed by atoms with Gasteiger partial charge in [-0.1, -0.05) is 43.7 Å². The molecule has 35 heavy (non-hydrogen) atoms. The lowest BCUT2D eigenvalue weighted by atomic mass is 10.1. The molecule has 0 spiro atoms. The number of unbranched alkanes of at least 4 members (excludes halogenated alkanes) is 2. The molecule has 0 saturated carbocycles. The fourth-order valence-corrected chi connectivity index (χ4v) is 5.22. The Morgan fingerprint density at radius 3 is 2.46 bits per heavy atom. The normalized spacial score (nSPS) is 19.8. The monoisotopic (exact) mass is 482 g/mol. The van der Waals surface area contributed by atoms with Crippen molar-refractivity contribution in [3.05, 3.63) is 53.6 Å². The zero-order valence-electron chi connectivity index (χ0n) is 21.3. The van der Waals surface area contributed by atoms with E-state index < -0.39 is 12.2 Å². The van der Waals surface area contributed by atoms with Crippen molar-refractivity contribution < 1.29 is 23.9 Å². The highest BCUT2D eigenvalue weighted by Crippen LogP contribution is 2.32. The Hall–Kier alpha value is -2.77. The van der Waals surface area contributed by atoms with E-state index in [0.29, 0.717) is 32.0 Å². The molecule has 4 rings (SSSR count). The minimum absolute atomic E-state index is 0.0464. The average Bonchev–Trinajstić information content (AvgIpc) is 2.86. The van der Waals surface area contributed by atoms with E-state index in [1.54, 1.807) is 0 Å². The number of aliphatic hydroxyl groups excluding tert-OH is 1. The van der Waals surface area contributed by atoms with Gasteiger partial charge >= 0.3 is 6.03 Å². The zero-order chi connectivity index (χ0) is 24.8. The zero-order valence-corrected chi connectivity index (χ0v) is 21.3. The van der Waals surface area contributed by atoms with Gasteiger partial charge in [-0.2, -0.15) is 0 Å². The maximum absolute atomic E-state index is 13.1. The van der Waals surface area contributed by atoms with Crippen LogP contribution in [-0.2, 0) is 0 Å². The minimum atomic E-state index is -0.639. The molecular weight excluding hydrogens is 442 g/mol. The third kappa shape index (κ3) is 6.08. The molecule has 2 aliphatic heterocycles. The number of piperazine rings is 1. The summed E-state index contributed by atoms with van der Waals surface area (Å²) in [4.78, 5) is 15.0. The second-order valence-electron chi connectivity index (χ2n) is 10.1. The van der Waals surface area contributed by atoms with Crippen molar-refractivity contribution in [2.75, 3.05) is 51.2 Å². The summed E-state index contributed by atoms with van der Waals surface area (Å²) in [6.07, 6.45) is 2.41. The molecule has 1 saturated heterocycles. The van der Waals surface area contributed by atoms with Crippen molar-refractivity contribution in [3.63, 3.8) is 0 Å². The number of benzene rings is 2. The number of carbonyl (C=O) groups excluding carboxylic acids is 1. The van der Waals surface area contributed by atoms with Crippen LogP contribution in [0.1, 0.15) is 37.3 Å². The van der Waals surface area contributed by atoms with Crippen LogP contribution < -0.4 is 14.8 Å². The van der Waals surface area contributed by atoms with Crippen molar-refractivity contribution in [2.45, 2.75) is 52.2 Å². The van der Waals surface area contributed by atoms with Gasteiger partial charge in [0.25, 0.3) is 0 Å². The standard InChI is InChI=1S/C28H39N3O4/c1-4-5-8-16-31(19-23(32)26-20-34-24-12-6-7-13-25(24)35-26)17-14-30(15-18-31)28(33)29-27-21(2)10-9-11-22(27)3/h6-7,9-13,23,26,32H,4-5,8,14-20H2,1-3H3/p+1. The number of ether oxygens (including phenoxy) is 2. The van der Waals surface area contributed by atoms with E-state index in [1.165, 1.54) is 6.42 Å². The topological polar surface area (TPSA) is 71.0 Å². The predicted octanol–water partition coefficient (Wildman–Crippen LogP) is 4.36. The van der Waals surface area contributed by atoms with Crippen LogP contribution in [0.2, 0.25) is 0 Å². The van der Waals surface area contributed by atoms with Crippen molar-refractivity contribution in [1.82, 2.24) is 4.90 Å². The van der Waals surface area contributed by atoms with Gasteiger partial charge in [0.15, 0.2) is 17.6 Å². The van der Waals surface area contributed by atoms with E-state index in [4.69, 9.17) is 9.47 Å². The number of urea groups is 1. The molecule has 190 valence electrons. The molecule has 2 aliphatic rings. The smallest absolute Gasteiger partial charge is 0.322 e. The summed E-state index contributed by atoms with van der Waals surface area (Å²) >= 11 is 0. The molecule has 0 aliphatic carbocycles. The molecule has 2 heterocycles. The Labute approximate surface area is 209 Å². The molecule has 7 nitrogen and oxygen atoms in total. The first kappa shape index (κ1) is 25.3. The summed E-state index contributed by atoms with van der Waals surface area (Å²) in [5, 5.41) is 14.3. The lowest BCUT2D eigenvalue weighted by molar-refractivity contribution is -0.934. The number of hydrogen-bond donors (Lipinski definition) is 2. The maximum Gasteiger partial charge on any atom is 0.322 e. The number of anilines is 1. The van der Waals surface area contributed by atoms with E-state index in [9.17, 15) is 9.90 Å². The molecule has 0 aromatic heterocycles. The van der Waals surface area contributed by atoms with E-state index in [2.05, 4.69) is 12.2 Å². The van der Waals surface area contributed by atoms with Gasteiger partial charge in [0, 0.05) is 5.69 Å². The van der Waals surface area contributed by atoms with Crippen LogP contribution >= 0.6 is 0 Å². The van der Waals surface area contributed by atoms with Crippen molar-refractivity contribution in [3.8, 4) is 11.5 Å². The fraction of sp³-hybridized carbons (Fsp3) is 0.536. The lowest BCUT2D eigenvalue weighted by Crippen LogP contribution is -2.64. The summed E-state index contributed by atoms with van der Waals surface area (Å²) in [6, 6.07) is 13.6. The summed E-state index contributed by atoms with van der Waals surface area (Å²) in [6.45, 7) is 11.2. The van der Waals surface area contributed by atoms with Gasteiger partial charge in [0.2, 0.25) is 0 Å². The number of carbonyl (C=O) groups is 1. The number of quaternary nitrogens is 1. The lowest BCUT2D eigenvalue weighted by Gasteiger charge is -2.46. The Morgan fingerprint density at radius 1 is 1.09 bits per heavy atom. The van der Waals surface area contributed by atoms with E-state index in [1.807, 2.05) is 61.2 Å². The highest BCUT2D eigenvalue weighted by molar-refractivity contribution is 5.91. The number of nitrogens with one attached hydrogen (secondary N) is 1. The van der Waals surface area contributed by atoms with E-state index in [0.717, 1.165) is 59.5 Å². The van der Waals surface area contributed by atoms with Gasteiger partial charge < -0.3 is 29.3 Å². The summed E-state index contributed by atoms with van der Waals surface area (Å²) in [5.74, 6) is 1.42. The Morgan fingerprint density at radius 2 is 1.77 bits per heavy atom. The Kier molecular flexibility index (Phi) is 8.19. The number of amides is 2. The van der Waals surface area contributed by atoms with Crippen LogP contribution in [0, 0.1) is 13.8 Å². The number of nitrogens with zero attached hydrogens (tertiary/aromatic N) is 2. The minimum Gasteiger partial charge on any atom is -0.486 e. The van der Waals surface area contributed by atoms with Crippen LogP contribution in [0.25, 0.3) is 0 Å². The third-order valence-corrected chi connectivity index (χ3v) is 7.46. The van der Waals surface area contributed by atoms with E-state index in [-0.39, 0.29) is 6.03 Å². The molecule has 2 unspecified atom stereocenters. The van der Waals surface area contributed by atoms with Gasteiger partial charge in [-0.05, 0) is 49.9 Å². The van der Waals surface area contributed by atoms with Gasteiger partial charge in [0.05, 0.1) is 32.7 Å². The molecule has 0 bridgehead atoms. The Bertz CT molecular complexity index is 983. The predicted molar refractivity (Wildman–Crippen MR) is 138 cm³/mol. The van der Waals surface area contributed by atoms with Crippen LogP contribution in [0.15, 0.2) is 42.5 Å². The van der Waals surface area contributed by atoms with Crippen LogP contribution in [-0.4, -0.2) is 78.6 Å². The quantitative estimate of drug-likeness (QED) is 0.433. The molecule has 2 atom stereocenters. The summed E-state index contributed by atoms with van der Waals surface area (Å²) in [5.41, 5.74) is 3.04. The number of rotatable bonds is 8. The molecular formula is C28H40N3O4+. The maximum atomic E-state index is 13.1. The molecule has 2 amide bonds. The summed E-state index contributed by atoms with van der Waals surface area (Å²) < 4.78 is 12.7. The highest BCUT2D eigenvalue weighted by atomic mass is 16.6. The van der Waals surface area contributed by atoms with E-state index >= 15 is 0 Å². The van der Waals surface area contributed by atoms with Crippen molar-refractivity contribution in [1.29, 1.82) is 0 Å². The largest absolute Gasteiger partial charge is 0.486 e. The fourth-order valence-electron chi connectivity index (χ4n) is 5.22. The third-order valence-electron chi connectivity index (χ3n) is 7.46. The van der Waals surface area contributed by atoms with Crippen molar-refractivity contribution in [2.24, 2.45) is 0 Å². The Balaban J connectivity index is 1.39. The van der Waals surface area contributed by atoms with Crippen LogP contribution in [0.4, 0.5) is 10.5 Å². The van der Waals surface area contributed by atoms with Gasteiger partial charge in [0.1, 0.15) is 19.3 Å². The number of hydrogen-bond acceptors (Lipinski definition) is 4. The molecule has 0 radical (unpaired) electrons. The molecule has 2 aromatic rings. The molecule has 2 N–H and O–H groups in total. The van der Waals surface area contributed by atoms with Crippen LogP contribution in [0.5, 0.6) is 11.5 Å². The SMILES string of the molecule is CCCCC[N+]1(CC(O)C2COc3ccccc3O2)CCN(C(=O)Nc2c(C)cccc2C)CC1. The average molecular weight is 483 g/mol. The first-order valence-electron chi connectivity index (χ1n) is 12.9. The second kappa shape index (κ2) is 11.3. The van der Waals surface area contributed by atoms with Crippen LogP contribution in [0.3, 0.4) is 0 Å². The van der Waals surface area contributed by atoms with Gasteiger partial charge in [-0.25, -0.2) is 4.79 Å². The van der Waals surface area contributed by atoms with Crippen molar-refractivity contribution >= 4 is 11.7 Å². The summed E-state index contributed by atoms with van der Waals surface area (Å²) in [7, 11) is 0. The molecule has 1 fully saturated rings. The highest BCUT2D eigenvalue weighted by Gasteiger charge is 2.39. The number of fused-ring (bicyclic) bond motifs is 1. The van der Waals surface area contributed by atoms with Gasteiger partial charge in [-0.15, -0.1) is 0 Å². The number of aryl methyl sites for hydroxylation is 2. The molecule has 7 heteroatoms. The number of para-hydroxylation sites is 3. The first-order valence-corrected chi connectivity index (χ1v) is 12.9. The molecule has 2 aromatic carbocycles.